The molecule has 0 saturated carbocycles. The second-order valence-electron chi connectivity index (χ2n) is 3.72. The van der Waals surface area contributed by atoms with Crippen LogP contribution in [0.1, 0.15) is 11.5 Å². The fraction of sp³-hybridized carbons (Fsp3) is 0.182. The Morgan fingerprint density at radius 3 is 2.17 bits per heavy atom. The van der Waals surface area contributed by atoms with Crippen molar-refractivity contribution in [3.63, 3.8) is 0 Å². The third-order valence-electron chi connectivity index (χ3n) is 2.21. The molecule has 0 unspecified atom stereocenters. The van der Waals surface area contributed by atoms with E-state index in [1.165, 1.54) is 0 Å². The maximum atomic E-state index is 12.3. The van der Waals surface area contributed by atoms with Crippen LogP contribution in [0.3, 0.4) is 0 Å². The minimum Gasteiger partial charge on any atom is -0.384 e. The second kappa shape index (κ2) is 4.25. The predicted octanol–water partition coefficient (Wildman–Crippen LogP) is 2.45. The summed E-state index contributed by atoms with van der Waals surface area (Å²) in [6.07, 6.45) is -2.31. The molecule has 2 N–H and O–H groups in total. The molecule has 0 amide bonds. The highest BCUT2D eigenvalue weighted by Crippen LogP contribution is 2.27. The van der Waals surface area contributed by atoms with E-state index in [-0.39, 0.29) is 0 Å². The molecule has 4 nitrogen and oxygen atoms in total. The molecule has 0 atom stereocenters. The van der Waals surface area contributed by atoms with Crippen molar-refractivity contribution >= 4 is 5.82 Å². The number of alkyl halides is 3. The topological polar surface area (TPSA) is 64.7 Å². The number of pyridine rings is 1. The van der Waals surface area contributed by atoms with Crippen LogP contribution in [-0.4, -0.2) is 15.0 Å². The van der Waals surface area contributed by atoms with Crippen molar-refractivity contribution in [3.05, 3.63) is 36.0 Å². The number of hydrogen-bond donors (Lipinski definition) is 1. The van der Waals surface area contributed by atoms with Gasteiger partial charge in [0.15, 0.2) is 0 Å². The van der Waals surface area contributed by atoms with Gasteiger partial charge in [-0.2, -0.15) is 13.2 Å². The van der Waals surface area contributed by atoms with Crippen LogP contribution in [0.2, 0.25) is 0 Å². The number of hydrogen-bond acceptors (Lipinski definition) is 4. The Morgan fingerprint density at radius 2 is 1.67 bits per heavy atom. The van der Waals surface area contributed by atoms with Crippen LogP contribution in [0.4, 0.5) is 19.0 Å². The van der Waals surface area contributed by atoms with Gasteiger partial charge < -0.3 is 5.73 Å². The van der Waals surface area contributed by atoms with E-state index < -0.39 is 12.0 Å². The average molecular weight is 254 g/mol. The first-order valence-corrected chi connectivity index (χ1v) is 5.00. The highest BCUT2D eigenvalue weighted by Gasteiger charge is 2.34. The van der Waals surface area contributed by atoms with Gasteiger partial charge in [-0.15, -0.1) is 0 Å². The zero-order chi connectivity index (χ0) is 13.3. The highest BCUT2D eigenvalue weighted by molar-refractivity contribution is 5.64. The summed E-state index contributed by atoms with van der Waals surface area (Å²) in [5, 5.41) is 0. The van der Waals surface area contributed by atoms with Gasteiger partial charge >= 0.3 is 6.18 Å². The number of nitrogens with zero attached hydrogens (tertiary/aromatic N) is 3. The first kappa shape index (κ1) is 12.3. The first-order valence-electron chi connectivity index (χ1n) is 5.00. The van der Waals surface area contributed by atoms with Crippen LogP contribution in [0.5, 0.6) is 0 Å². The van der Waals surface area contributed by atoms with E-state index in [1.54, 1.807) is 19.1 Å². The zero-order valence-corrected chi connectivity index (χ0v) is 9.36. The quantitative estimate of drug-likeness (QED) is 0.848. The van der Waals surface area contributed by atoms with E-state index in [0.29, 0.717) is 22.6 Å². The Labute approximate surface area is 101 Å². The molecule has 0 bridgehead atoms. The van der Waals surface area contributed by atoms with Gasteiger partial charge in [-0.3, -0.25) is 0 Å². The Hall–Kier alpha value is -2.18. The summed E-state index contributed by atoms with van der Waals surface area (Å²) < 4.78 is 36.9. The molecule has 0 aliphatic rings. The summed E-state index contributed by atoms with van der Waals surface area (Å²) in [4.78, 5) is 10.6. The van der Waals surface area contributed by atoms with Gasteiger partial charge in [-0.05, 0) is 24.6 Å². The van der Waals surface area contributed by atoms with Crippen molar-refractivity contribution < 1.29 is 13.2 Å². The molecule has 0 spiro atoms. The molecule has 2 aromatic rings. The lowest BCUT2D eigenvalue weighted by molar-refractivity contribution is -0.144. The molecule has 0 radical (unpaired) electrons. The number of aromatic nitrogens is 3. The lowest BCUT2D eigenvalue weighted by atomic mass is 10.1. The predicted molar refractivity (Wildman–Crippen MR) is 59.4 cm³/mol. The number of nitrogens with two attached hydrogens (primary N) is 1. The molecule has 94 valence electrons. The van der Waals surface area contributed by atoms with Crippen molar-refractivity contribution in [1.29, 1.82) is 0 Å². The molecule has 2 rings (SSSR count). The van der Waals surface area contributed by atoms with E-state index in [4.69, 9.17) is 5.73 Å². The van der Waals surface area contributed by atoms with Crippen LogP contribution in [-0.2, 0) is 6.18 Å². The molecule has 0 saturated heterocycles. The minimum absolute atomic E-state index is 0.296. The Bertz CT molecular complexity index is 543. The van der Waals surface area contributed by atoms with Gasteiger partial charge in [0.05, 0.1) is 0 Å². The second-order valence-corrected chi connectivity index (χ2v) is 3.72. The molecule has 2 heterocycles. The monoisotopic (exact) mass is 254 g/mol. The van der Waals surface area contributed by atoms with Crippen molar-refractivity contribution in [1.82, 2.24) is 15.0 Å². The Morgan fingerprint density at radius 1 is 1.06 bits per heavy atom. The third kappa shape index (κ3) is 2.55. The summed E-state index contributed by atoms with van der Waals surface area (Å²) in [6.45, 7) is 1.74. The maximum Gasteiger partial charge on any atom is 0.451 e. The molecular formula is C11H9F3N4. The summed E-state index contributed by atoms with van der Waals surface area (Å²) >= 11 is 0. The molecule has 0 aromatic carbocycles. The van der Waals surface area contributed by atoms with E-state index in [9.17, 15) is 13.2 Å². The molecule has 0 fully saturated rings. The molecule has 7 heteroatoms. The summed E-state index contributed by atoms with van der Waals surface area (Å²) in [6, 6.07) is 3.25. The standard InChI is InChI=1S/C11H9F3N4/c1-6-2-7(3-9(15)18-6)8-4-16-10(17-5-8)11(12,13)14/h2-5H,1H3,(H2,15,18). The van der Waals surface area contributed by atoms with Gasteiger partial charge in [-0.25, -0.2) is 15.0 Å². The number of anilines is 1. The van der Waals surface area contributed by atoms with Crippen LogP contribution >= 0.6 is 0 Å². The largest absolute Gasteiger partial charge is 0.451 e. The zero-order valence-electron chi connectivity index (χ0n) is 9.36. The van der Waals surface area contributed by atoms with Gasteiger partial charge in [-0.1, -0.05) is 0 Å². The molecule has 0 aliphatic heterocycles. The van der Waals surface area contributed by atoms with Gasteiger partial charge in [0.25, 0.3) is 0 Å². The van der Waals surface area contributed by atoms with Crippen molar-refractivity contribution in [2.45, 2.75) is 13.1 Å². The Kier molecular flexibility index (Phi) is 2.90. The molecule has 0 aliphatic carbocycles. The van der Waals surface area contributed by atoms with E-state index in [2.05, 4.69) is 15.0 Å². The third-order valence-corrected chi connectivity index (χ3v) is 2.21. The van der Waals surface area contributed by atoms with Gasteiger partial charge in [0.2, 0.25) is 5.82 Å². The summed E-state index contributed by atoms with van der Waals surface area (Å²) in [5.74, 6) is -0.866. The van der Waals surface area contributed by atoms with Crippen LogP contribution < -0.4 is 5.73 Å². The number of rotatable bonds is 1. The van der Waals surface area contributed by atoms with Gasteiger partial charge in [0.1, 0.15) is 5.82 Å². The fourth-order valence-electron chi connectivity index (χ4n) is 1.48. The minimum atomic E-state index is -4.54. The first-order chi connectivity index (χ1) is 8.36. The molecule has 2 aromatic heterocycles. The maximum absolute atomic E-state index is 12.3. The number of halogens is 3. The lowest BCUT2D eigenvalue weighted by Crippen LogP contribution is -2.10. The molecular weight excluding hydrogens is 245 g/mol. The van der Waals surface area contributed by atoms with Gasteiger partial charge in [0, 0.05) is 23.7 Å². The normalized spacial score (nSPS) is 11.6. The number of aryl methyl sites for hydroxylation is 1. The van der Waals surface area contributed by atoms with Crippen molar-refractivity contribution in [2.75, 3.05) is 5.73 Å². The average Bonchev–Trinajstić information content (AvgIpc) is 2.27. The van der Waals surface area contributed by atoms with E-state index >= 15 is 0 Å². The van der Waals surface area contributed by atoms with E-state index in [0.717, 1.165) is 12.4 Å². The lowest BCUT2D eigenvalue weighted by Gasteiger charge is -2.06. The van der Waals surface area contributed by atoms with Crippen LogP contribution in [0, 0.1) is 6.92 Å². The fourth-order valence-corrected chi connectivity index (χ4v) is 1.48. The van der Waals surface area contributed by atoms with Crippen LogP contribution in [0.25, 0.3) is 11.1 Å². The summed E-state index contributed by atoms with van der Waals surface area (Å²) in [7, 11) is 0. The summed E-state index contributed by atoms with van der Waals surface area (Å²) in [5.41, 5.74) is 7.33. The Balaban J connectivity index is 2.40. The SMILES string of the molecule is Cc1cc(-c2cnc(C(F)(F)F)nc2)cc(N)n1. The smallest absolute Gasteiger partial charge is 0.384 e. The number of nitrogen functional groups attached to an aromatic ring is 1. The van der Waals surface area contributed by atoms with Crippen LogP contribution in [0.15, 0.2) is 24.5 Å². The van der Waals surface area contributed by atoms with Crippen molar-refractivity contribution in [2.24, 2.45) is 0 Å². The van der Waals surface area contributed by atoms with Crippen molar-refractivity contribution in [3.8, 4) is 11.1 Å². The highest BCUT2D eigenvalue weighted by atomic mass is 19.4. The molecule has 18 heavy (non-hydrogen) atoms. The van der Waals surface area contributed by atoms with E-state index in [1.807, 2.05) is 0 Å².